The molecule has 12 heavy (non-hydrogen) atoms. The minimum absolute atomic E-state index is 0.269. The highest BCUT2D eigenvalue weighted by Crippen LogP contribution is 2.57. The summed E-state index contributed by atoms with van der Waals surface area (Å²) in [7, 11) is 0. The standard InChI is InChI=1S/C10H11NO/c12-10-7-5-2-1-4(3-5)6(7)8-9(10)11-8/h1-2,4-9,11H,3H2/t4-,5+,6+,7-,8+,9+/m0/s1. The lowest BCUT2D eigenvalue weighted by atomic mass is 9.84. The van der Waals surface area contributed by atoms with Gasteiger partial charge < -0.3 is 5.32 Å². The molecule has 1 saturated heterocycles. The van der Waals surface area contributed by atoms with Gasteiger partial charge >= 0.3 is 0 Å². The van der Waals surface area contributed by atoms with Gasteiger partial charge in [-0.3, -0.25) is 4.79 Å². The highest BCUT2D eigenvalue weighted by Gasteiger charge is 2.66. The summed E-state index contributed by atoms with van der Waals surface area (Å²) >= 11 is 0. The van der Waals surface area contributed by atoms with Gasteiger partial charge in [0.05, 0.1) is 6.04 Å². The summed E-state index contributed by atoms with van der Waals surface area (Å²) in [5, 5.41) is 3.29. The topological polar surface area (TPSA) is 39.0 Å². The fourth-order valence-corrected chi connectivity index (χ4v) is 3.70. The van der Waals surface area contributed by atoms with Crippen molar-refractivity contribution in [2.75, 3.05) is 0 Å². The van der Waals surface area contributed by atoms with Crippen molar-refractivity contribution >= 4 is 5.78 Å². The van der Waals surface area contributed by atoms with E-state index >= 15 is 0 Å². The van der Waals surface area contributed by atoms with Crippen LogP contribution in [0.5, 0.6) is 0 Å². The molecule has 0 aromatic rings. The van der Waals surface area contributed by atoms with Crippen LogP contribution in [0.2, 0.25) is 0 Å². The summed E-state index contributed by atoms with van der Waals surface area (Å²) in [5.41, 5.74) is 0. The monoisotopic (exact) mass is 161 g/mol. The van der Waals surface area contributed by atoms with Crippen LogP contribution in [0.15, 0.2) is 12.2 Å². The Hall–Kier alpha value is -0.630. The normalized spacial score (nSPS) is 63.8. The second-order valence-electron chi connectivity index (χ2n) is 4.62. The van der Waals surface area contributed by atoms with Crippen LogP contribution < -0.4 is 5.32 Å². The highest BCUT2D eigenvalue weighted by molar-refractivity contribution is 5.94. The van der Waals surface area contributed by atoms with Gasteiger partial charge in [-0.15, -0.1) is 0 Å². The van der Waals surface area contributed by atoms with Crippen molar-refractivity contribution in [2.24, 2.45) is 23.7 Å². The quantitative estimate of drug-likeness (QED) is 0.411. The molecule has 0 aromatic carbocycles. The van der Waals surface area contributed by atoms with Gasteiger partial charge in [-0.25, -0.2) is 0 Å². The van der Waals surface area contributed by atoms with E-state index in [1.165, 1.54) is 6.42 Å². The van der Waals surface area contributed by atoms with Crippen LogP contribution in [0.3, 0.4) is 0 Å². The molecule has 1 aliphatic heterocycles. The number of carbonyl (C=O) groups excluding carboxylic acids is 1. The van der Waals surface area contributed by atoms with Crippen LogP contribution in [0.4, 0.5) is 0 Å². The molecular formula is C10H11NO. The molecule has 62 valence electrons. The van der Waals surface area contributed by atoms with E-state index in [1.54, 1.807) is 0 Å². The summed E-state index contributed by atoms with van der Waals surface area (Å²) in [5.74, 6) is 2.95. The fraction of sp³-hybridized carbons (Fsp3) is 0.700. The fourth-order valence-electron chi connectivity index (χ4n) is 3.70. The summed E-state index contributed by atoms with van der Waals surface area (Å²) in [6.45, 7) is 0. The van der Waals surface area contributed by atoms with Crippen molar-refractivity contribution in [2.45, 2.75) is 18.5 Å². The molecule has 0 radical (unpaired) electrons. The number of hydrogen-bond donors (Lipinski definition) is 1. The molecule has 2 saturated carbocycles. The first-order chi connectivity index (χ1) is 5.86. The van der Waals surface area contributed by atoms with Crippen LogP contribution in [0, 0.1) is 23.7 Å². The van der Waals surface area contributed by atoms with Crippen LogP contribution in [0.1, 0.15) is 6.42 Å². The number of rotatable bonds is 0. The summed E-state index contributed by atoms with van der Waals surface area (Å²) < 4.78 is 0. The summed E-state index contributed by atoms with van der Waals surface area (Å²) in [6.07, 6.45) is 5.86. The first-order valence-corrected chi connectivity index (χ1v) is 4.84. The van der Waals surface area contributed by atoms with Gasteiger partial charge in [0.1, 0.15) is 0 Å². The molecule has 1 heterocycles. The van der Waals surface area contributed by atoms with Gasteiger partial charge in [-0.1, -0.05) is 12.2 Å². The van der Waals surface area contributed by atoms with Crippen LogP contribution >= 0.6 is 0 Å². The van der Waals surface area contributed by atoms with Gasteiger partial charge in [-0.2, -0.15) is 0 Å². The number of allylic oxidation sites excluding steroid dienone is 2. The molecule has 1 N–H and O–H groups in total. The second-order valence-corrected chi connectivity index (χ2v) is 4.62. The van der Waals surface area contributed by atoms with Crippen molar-refractivity contribution in [1.82, 2.24) is 5.32 Å². The molecule has 2 heteroatoms. The van der Waals surface area contributed by atoms with Gasteiger partial charge in [-0.05, 0) is 24.2 Å². The molecule has 2 nitrogen and oxygen atoms in total. The van der Waals surface area contributed by atoms with E-state index in [4.69, 9.17) is 0 Å². The maximum Gasteiger partial charge on any atom is 0.155 e. The predicted molar refractivity (Wildman–Crippen MR) is 43.4 cm³/mol. The molecule has 0 unspecified atom stereocenters. The van der Waals surface area contributed by atoms with E-state index in [0.717, 1.165) is 5.92 Å². The molecule has 0 aromatic heterocycles. The highest BCUT2D eigenvalue weighted by atomic mass is 16.1. The van der Waals surface area contributed by atoms with Crippen LogP contribution in [-0.4, -0.2) is 17.9 Å². The molecule has 3 fully saturated rings. The zero-order chi connectivity index (χ0) is 7.87. The zero-order valence-electron chi connectivity index (χ0n) is 6.73. The van der Waals surface area contributed by atoms with Crippen LogP contribution in [-0.2, 0) is 4.79 Å². The Bertz CT molecular complexity index is 309. The first-order valence-electron chi connectivity index (χ1n) is 4.84. The lowest BCUT2D eigenvalue weighted by Crippen LogP contribution is -2.28. The Labute approximate surface area is 71.0 Å². The summed E-state index contributed by atoms with van der Waals surface area (Å²) in [6, 6.07) is 0.840. The number of ketones is 1. The predicted octanol–water partition coefficient (Wildman–Crippen LogP) is 0.348. The number of piperidine rings is 1. The number of Topliss-reactive ketones (excluding diaryl/α,β-unsaturated/α-hetero) is 1. The average molecular weight is 161 g/mol. The van der Waals surface area contributed by atoms with E-state index < -0.39 is 0 Å². The maximum atomic E-state index is 11.7. The number of hydrogen-bond acceptors (Lipinski definition) is 2. The zero-order valence-corrected chi connectivity index (χ0v) is 6.73. The van der Waals surface area contributed by atoms with E-state index in [2.05, 4.69) is 17.5 Å². The minimum atomic E-state index is 0.269. The Balaban J connectivity index is 1.86. The first kappa shape index (κ1) is 5.92. The van der Waals surface area contributed by atoms with Gasteiger partial charge in [0.25, 0.3) is 0 Å². The Morgan fingerprint density at radius 3 is 3.00 bits per heavy atom. The lowest BCUT2D eigenvalue weighted by molar-refractivity contribution is -0.122. The SMILES string of the molecule is O=C1[C@@H]2[C@H]([C@H]3N[C@@H]13)[C@H]1C=C[C@@H]2C1. The summed E-state index contributed by atoms with van der Waals surface area (Å²) in [4.78, 5) is 11.7. The Kier molecular flexibility index (Phi) is 0.756. The van der Waals surface area contributed by atoms with Crippen molar-refractivity contribution in [3.05, 3.63) is 12.2 Å². The third-order valence-electron chi connectivity index (χ3n) is 4.19. The van der Waals surface area contributed by atoms with Gasteiger partial charge in [0, 0.05) is 12.0 Å². The largest absolute Gasteiger partial charge is 0.301 e. The molecular weight excluding hydrogens is 150 g/mol. The molecule has 4 rings (SSSR count). The Morgan fingerprint density at radius 2 is 2.17 bits per heavy atom. The molecule has 0 spiro atoms. The molecule has 6 atom stereocenters. The van der Waals surface area contributed by atoms with Crippen molar-refractivity contribution in [1.29, 1.82) is 0 Å². The average Bonchev–Trinajstić information content (AvgIpc) is 2.49. The van der Waals surface area contributed by atoms with E-state index in [9.17, 15) is 4.79 Å². The van der Waals surface area contributed by atoms with E-state index in [-0.39, 0.29) is 6.04 Å². The molecule has 0 amide bonds. The van der Waals surface area contributed by atoms with Crippen molar-refractivity contribution in [3.8, 4) is 0 Å². The number of nitrogens with one attached hydrogen (secondary N) is 1. The van der Waals surface area contributed by atoms with Gasteiger partial charge in [0.15, 0.2) is 5.78 Å². The molecule has 2 bridgehead atoms. The lowest BCUT2D eigenvalue weighted by Gasteiger charge is -2.21. The molecule has 3 aliphatic carbocycles. The molecule has 4 aliphatic rings. The van der Waals surface area contributed by atoms with Crippen molar-refractivity contribution in [3.63, 3.8) is 0 Å². The van der Waals surface area contributed by atoms with Crippen molar-refractivity contribution < 1.29 is 4.79 Å². The number of fused-ring (bicyclic) bond motifs is 7. The maximum absolute atomic E-state index is 11.7. The smallest absolute Gasteiger partial charge is 0.155 e. The number of carbonyl (C=O) groups is 1. The Morgan fingerprint density at radius 1 is 1.33 bits per heavy atom. The van der Waals surface area contributed by atoms with E-state index in [0.29, 0.717) is 29.6 Å². The second kappa shape index (κ2) is 1.53. The third-order valence-corrected chi connectivity index (χ3v) is 4.19. The van der Waals surface area contributed by atoms with E-state index in [1.807, 2.05) is 0 Å². The van der Waals surface area contributed by atoms with Crippen LogP contribution in [0.25, 0.3) is 0 Å². The minimum Gasteiger partial charge on any atom is -0.301 e. The third kappa shape index (κ3) is 0.446. The van der Waals surface area contributed by atoms with Gasteiger partial charge in [0.2, 0.25) is 0 Å².